The molecule has 29 heavy (non-hydrogen) atoms. The van der Waals surface area contributed by atoms with Gasteiger partial charge in [-0.25, -0.2) is 0 Å². The third kappa shape index (κ3) is 5.35. The maximum atomic E-state index is 11.7. The summed E-state index contributed by atoms with van der Waals surface area (Å²) < 4.78 is 31.2. The van der Waals surface area contributed by atoms with Crippen LogP contribution in [0.15, 0.2) is 60.7 Å². The summed E-state index contributed by atoms with van der Waals surface area (Å²) in [6.45, 7) is 3.16. The van der Waals surface area contributed by atoms with Gasteiger partial charge in [0.1, 0.15) is 11.5 Å². The Hall–Kier alpha value is -2.41. The van der Waals surface area contributed by atoms with E-state index in [4.69, 9.17) is 4.74 Å². The highest BCUT2D eigenvalue weighted by atomic mass is 32.2. The van der Waals surface area contributed by atoms with Gasteiger partial charge in [0.05, 0.1) is 0 Å². The molecule has 1 unspecified atom stereocenters. The Morgan fingerprint density at radius 3 is 2.48 bits per heavy atom. The van der Waals surface area contributed by atoms with Crippen LogP contribution in [0.2, 0.25) is 0 Å². The van der Waals surface area contributed by atoms with Gasteiger partial charge in [-0.15, -0.1) is 0 Å². The lowest BCUT2D eigenvalue weighted by molar-refractivity contribution is 0.389. The monoisotopic (exact) mass is 411 g/mol. The van der Waals surface area contributed by atoms with Crippen molar-refractivity contribution in [3.8, 4) is 11.5 Å². The Morgan fingerprint density at radius 2 is 1.76 bits per heavy atom. The number of anilines is 1. The minimum atomic E-state index is -2.31. The minimum absolute atomic E-state index is 0.470. The Labute approximate surface area is 175 Å². The molecule has 0 amide bonds. The van der Waals surface area contributed by atoms with Crippen molar-refractivity contribution in [2.75, 3.05) is 24.9 Å². The van der Waals surface area contributed by atoms with Crippen molar-refractivity contribution in [3.63, 3.8) is 0 Å². The summed E-state index contributed by atoms with van der Waals surface area (Å²) in [7, 11) is 3.96. The van der Waals surface area contributed by atoms with E-state index in [9.17, 15) is 8.76 Å². The van der Waals surface area contributed by atoms with Crippen LogP contribution in [0, 0.1) is 0 Å². The Morgan fingerprint density at radius 1 is 1.00 bits per heavy atom. The van der Waals surface area contributed by atoms with Gasteiger partial charge < -0.3 is 18.5 Å². The van der Waals surface area contributed by atoms with Gasteiger partial charge in [-0.3, -0.25) is 4.21 Å². The van der Waals surface area contributed by atoms with Crippen molar-refractivity contribution < 1.29 is 13.5 Å². The molecule has 0 saturated heterocycles. The molecule has 3 aromatic rings. The standard InChI is InChI=1S/C23H28N2O3S/c1-4-5-15-25(29(26)27)20-13-14-22(19(16-20)17-24(2)3)28-23-12-8-10-18-9-6-7-11-21(18)23/h6-14,16H,4-5,15,17H2,1-3H3,(H,26,27)/p-1. The maximum absolute atomic E-state index is 11.7. The van der Waals surface area contributed by atoms with Gasteiger partial charge in [0.15, 0.2) is 0 Å². The fraction of sp³-hybridized carbons (Fsp3) is 0.304. The Kier molecular flexibility index (Phi) is 7.25. The molecule has 0 bridgehead atoms. The van der Waals surface area contributed by atoms with Crippen LogP contribution in [0.25, 0.3) is 10.8 Å². The van der Waals surface area contributed by atoms with Crippen molar-refractivity contribution in [2.45, 2.75) is 26.3 Å². The van der Waals surface area contributed by atoms with Gasteiger partial charge in [-0.1, -0.05) is 49.7 Å². The molecule has 0 aromatic heterocycles. The SMILES string of the molecule is CCCCN(c1ccc(Oc2cccc3ccccc23)c(CN(C)C)c1)S(=O)[O-]. The van der Waals surface area contributed by atoms with E-state index in [0.717, 1.165) is 40.7 Å². The van der Waals surface area contributed by atoms with E-state index in [1.807, 2.05) is 74.4 Å². The van der Waals surface area contributed by atoms with Crippen molar-refractivity contribution in [2.24, 2.45) is 0 Å². The summed E-state index contributed by atoms with van der Waals surface area (Å²) >= 11 is -2.31. The molecule has 0 aliphatic heterocycles. The third-order valence-electron chi connectivity index (χ3n) is 4.68. The zero-order valence-electron chi connectivity index (χ0n) is 17.1. The number of nitrogens with zero attached hydrogens (tertiary/aromatic N) is 2. The fourth-order valence-electron chi connectivity index (χ4n) is 3.28. The van der Waals surface area contributed by atoms with E-state index in [2.05, 4.69) is 12.1 Å². The van der Waals surface area contributed by atoms with Gasteiger partial charge in [0.25, 0.3) is 0 Å². The summed E-state index contributed by atoms with van der Waals surface area (Å²) in [5.41, 5.74) is 1.60. The highest BCUT2D eigenvalue weighted by Crippen LogP contribution is 2.34. The van der Waals surface area contributed by atoms with Crippen LogP contribution in [-0.4, -0.2) is 34.3 Å². The smallest absolute Gasteiger partial charge is 0.135 e. The summed E-state index contributed by atoms with van der Waals surface area (Å²) in [4.78, 5) is 2.04. The molecule has 5 nitrogen and oxygen atoms in total. The molecule has 0 heterocycles. The second-order valence-corrected chi connectivity index (χ2v) is 8.16. The van der Waals surface area contributed by atoms with E-state index in [1.165, 1.54) is 4.31 Å². The summed E-state index contributed by atoms with van der Waals surface area (Å²) in [6, 6.07) is 19.7. The number of hydrogen-bond acceptors (Lipinski definition) is 4. The zero-order valence-corrected chi connectivity index (χ0v) is 17.9. The lowest BCUT2D eigenvalue weighted by Gasteiger charge is -2.27. The van der Waals surface area contributed by atoms with Crippen LogP contribution in [-0.2, 0) is 17.8 Å². The summed E-state index contributed by atoms with van der Waals surface area (Å²) in [5, 5.41) is 2.16. The predicted molar refractivity (Wildman–Crippen MR) is 119 cm³/mol. The second kappa shape index (κ2) is 9.87. The third-order valence-corrected chi connectivity index (χ3v) is 5.44. The molecule has 0 fully saturated rings. The summed E-state index contributed by atoms with van der Waals surface area (Å²) in [5.74, 6) is 1.51. The molecule has 1 atom stereocenters. The molecule has 0 aliphatic rings. The quantitative estimate of drug-likeness (QED) is 0.460. The predicted octanol–water partition coefficient (Wildman–Crippen LogP) is 5.09. The fourth-order valence-corrected chi connectivity index (χ4v) is 3.84. The van der Waals surface area contributed by atoms with Crippen molar-refractivity contribution >= 4 is 27.7 Å². The van der Waals surface area contributed by atoms with Crippen LogP contribution in [0.5, 0.6) is 11.5 Å². The highest BCUT2D eigenvalue weighted by molar-refractivity contribution is 7.80. The van der Waals surface area contributed by atoms with E-state index in [-0.39, 0.29) is 0 Å². The van der Waals surface area contributed by atoms with Gasteiger partial charge in [0, 0.05) is 41.0 Å². The largest absolute Gasteiger partial charge is 0.755 e. The molecular formula is C23H27N2O3S-. The molecule has 154 valence electrons. The van der Waals surface area contributed by atoms with E-state index in [1.54, 1.807) is 0 Å². The molecule has 3 rings (SSSR count). The highest BCUT2D eigenvalue weighted by Gasteiger charge is 2.13. The number of fused-ring (bicyclic) bond motifs is 1. The molecule has 0 aliphatic carbocycles. The van der Waals surface area contributed by atoms with Crippen LogP contribution < -0.4 is 9.04 Å². The van der Waals surface area contributed by atoms with Crippen LogP contribution >= 0.6 is 0 Å². The zero-order chi connectivity index (χ0) is 20.8. The Balaban J connectivity index is 1.98. The molecule has 0 saturated carbocycles. The molecular weight excluding hydrogens is 384 g/mol. The van der Waals surface area contributed by atoms with Crippen LogP contribution in [0.4, 0.5) is 5.69 Å². The maximum Gasteiger partial charge on any atom is 0.135 e. The van der Waals surface area contributed by atoms with Gasteiger partial charge in [-0.2, -0.15) is 0 Å². The number of hydrogen-bond donors (Lipinski definition) is 0. The average Bonchev–Trinajstić information content (AvgIpc) is 2.69. The normalized spacial score (nSPS) is 12.3. The second-order valence-electron chi connectivity index (χ2n) is 7.28. The first kappa shape index (κ1) is 21.3. The number of unbranched alkanes of at least 4 members (excludes halogenated alkanes) is 1. The van der Waals surface area contributed by atoms with E-state index < -0.39 is 11.3 Å². The molecule has 0 N–H and O–H groups in total. The van der Waals surface area contributed by atoms with Crippen molar-refractivity contribution in [1.82, 2.24) is 4.90 Å². The molecule has 0 spiro atoms. The van der Waals surface area contributed by atoms with Crippen LogP contribution in [0.1, 0.15) is 25.3 Å². The molecule has 6 heteroatoms. The first-order valence-corrected chi connectivity index (χ1v) is 10.8. The average molecular weight is 412 g/mol. The first-order valence-electron chi connectivity index (χ1n) is 9.79. The molecule has 3 aromatic carbocycles. The van der Waals surface area contributed by atoms with Crippen molar-refractivity contribution in [3.05, 3.63) is 66.2 Å². The topological polar surface area (TPSA) is 55.8 Å². The Bertz CT molecular complexity index is 986. The van der Waals surface area contributed by atoms with Crippen molar-refractivity contribution in [1.29, 1.82) is 0 Å². The minimum Gasteiger partial charge on any atom is -0.755 e. The van der Waals surface area contributed by atoms with Gasteiger partial charge in [-0.05, 0) is 50.2 Å². The van der Waals surface area contributed by atoms with E-state index in [0.29, 0.717) is 18.8 Å². The number of ether oxygens (including phenoxy) is 1. The van der Waals surface area contributed by atoms with E-state index >= 15 is 0 Å². The summed E-state index contributed by atoms with van der Waals surface area (Å²) in [6.07, 6.45) is 1.74. The van der Waals surface area contributed by atoms with Gasteiger partial charge in [0.2, 0.25) is 0 Å². The molecule has 0 radical (unpaired) electrons. The number of rotatable bonds is 9. The first-order chi connectivity index (χ1) is 14.0. The van der Waals surface area contributed by atoms with Crippen LogP contribution in [0.3, 0.4) is 0 Å². The number of benzene rings is 3. The van der Waals surface area contributed by atoms with Gasteiger partial charge >= 0.3 is 0 Å². The lowest BCUT2D eigenvalue weighted by Crippen LogP contribution is -2.26. The lowest BCUT2D eigenvalue weighted by atomic mass is 10.1.